The van der Waals surface area contributed by atoms with Crippen LogP contribution in [0.25, 0.3) is 5.57 Å². The van der Waals surface area contributed by atoms with Gasteiger partial charge in [-0.1, -0.05) is 42.5 Å². The number of likely N-dealkylation sites (N-methyl/N-ethyl adjacent to an activating group) is 1. The van der Waals surface area contributed by atoms with Crippen LogP contribution in [0.4, 0.5) is 16.0 Å². The van der Waals surface area contributed by atoms with Crippen molar-refractivity contribution >= 4 is 40.1 Å². The van der Waals surface area contributed by atoms with Gasteiger partial charge < -0.3 is 15.0 Å². The second kappa shape index (κ2) is 13.4. The Balaban J connectivity index is 1.50. The Labute approximate surface area is 234 Å². The minimum absolute atomic E-state index is 0.0661. The number of aliphatic imine (C=N–C) groups is 1. The topological polar surface area (TPSA) is 96.8 Å². The summed E-state index contributed by atoms with van der Waals surface area (Å²) in [6.07, 6.45) is 5.73. The summed E-state index contributed by atoms with van der Waals surface area (Å²) in [5, 5.41) is 3.03. The van der Waals surface area contributed by atoms with Crippen molar-refractivity contribution in [2.75, 3.05) is 25.7 Å². The van der Waals surface area contributed by atoms with Crippen molar-refractivity contribution < 1.29 is 18.1 Å². The van der Waals surface area contributed by atoms with Crippen LogP contribution in [0.3, 0.4) is 0 Å². The number of hydrogen-bond acceptors (Lipinski definition) is 7. The molecule has 0 fully saturated rings. The van der Waals surface area contributed by atoms with Crippen LogP contribution in [-0.4, -0.2) is 51.5 Å². The first-order chi connectivity index (χ1) is 19.3. The monoisotopic (exact) mass is 557 g/mol. The van der Waals surface area contributed by atoms with Gasteiger partial charge in [0.1, 0.15) is 5.84 Å². The first-order valence-corrected chi connectivity index (χ1v) is 13.8. The van der Waals surface area contributed by atoms with Crippen LogP contribution in [0, 0.1) is 5.82 Å². The summed E-state index contributed by atoms with van der Waals surface area (Å²) < 4.78 is 32.4. The number of nitrogens with one attached hydrogen (secondary N) is 1. The first-order valence-electron chi connectivity index (χ1n) is 12.3. The average molecular weight is 558 g/mol. The van der Waals surface area contributed by atoms with E-state index in [0.29, 0.717) is 28.9 Å². The molecule has 8 nitrogen and oxygen atoms in total. The number of ether oxygens (including phenoxy) is 1. The van der Waals surface area contributed by atoms with Gasteiger partial charge in [-0.05, 0) is 41.5 Å². The van der Waals surface area contributed by atoms with Gasteiger partial charge in [-0.25, -0.2) is 14.4 Å². The first kappa shape index (κ1) is 28.3. The van der Waals surface area contributed by atoms with Crippen molar-refractivity contribution in [2.45, 2.75) is 11.3 Å². The number of amidine groups is 1. The van der Waals surface area contributed by atoms with Gasteiger partial charge >= 0.3 is 0 Å². The van der Waals surface area contributed by atoms with Gasteiger partial charge in [0.05, 0.1) is 0 Å². The van der Waals surface area contributed by atoms with Crippen LogP contribution in [0.2, 0.25) is 0 Å². The van der Waals surface area contributed by atoms with Gasteiger partial charge in [0.2, 0.25) is 11.8 Å². The molecule has 1 aromatic heterocycles. The lowest BCUT2D eigenvalue weighted by molar-refractivity contribution is -0.103. The zero-order valence-electron chi connectivity index (χ0n) is 22.2. The minimum atomic E-state index is -1.13. The Morgan fingerprint density at radius 2 is 1.88 bits per heavy atom. The Kier molecular flexibility index (Phi) is 9.48. The summed E-state index contributed by atoms with van der Waals surface area (Å²) in [6.45, 7) is 0. The molecule has 1 unspecified atom stereocenters. The van der Waals surface area contributed by atoms with E-state index >= 15 is 4.39 Å². The van der Waals surface area contributed by atoms with E-state index in [9.17, 15) is 9.00 Å². The van der Waals surface area contributed by atoms with E-state index in [1.165, 1.54) is 30.6 Å². The molecule has 0 saturated heterocycles. The van der Waals surface area contributed by atoms with Gasteiger partial charge in [0.25, 0.3) is 0 Å². The van der Waals surface area contributed by atoms with E-state index in [-0.39, 0.29) is 23.2 Å². The number of carbonyl (C=O) groups is 1. The van der Waals surface area contributed by atoms with E-state index in [0.717, 1.165) is 11.4 Å². The molecule has 1 N–H and O–H groups in total. The number of anilines is 2. The van der Waals surface area contributed by atoms with Gasteiger partial charge in [-0.2, -0.15) is 4.98 Å². The number of nitrogens with zero attached hydrogens (tertiary/aromatic N) is 4. The van der Waals surface area contributed by atoms with Crippen LogP contribution < -0.4 is 10.1 Å². The standard InChI is InChI=1S/C30H28FN5O3S/c1-36(2)28(16-21-8-5-4-6-9-21)33-19-23(20-37)22-12-13-27(26(31)17-22)39-29-14-15-32-30(35-29)34-24-10-7-11-25(18-24)40(3)38/h4-15,17-20H,16H2,1-3H3,(H,32,34,35)/b23-19+,33-28?. The van der Waals surface area contributed by atoms with E-state index in [2.05, 4.69) is 20.3 Å². The van der Waals surface area contributed by atoms with Crippen LogP contribution in [-0.2, 0) is 22.0 Å². The lowest BCUT2D eigenvalue weighted by Gasteiger charge is -2.15. The summed E-state index contributed by atoms with van der Waals surface area (Å²) in [4.78, 5) is 27.3. The van der Waals surface area contributed by atoms with Crippen molar-refractivity contribution in [3.05, 3.63) is 108 Å². The lowest BCUT2D eigenvalue weighted by atomic mass is 10.1. The molecule has 1 atom stereocenters. The number of aldehydes is 1. The summed E-state index contributed by atoms with van der Waals surface area (Å²) in [6, 6.07) is 22.6. The van der Waals surface area contributed by atoms with E-state index in [1.54, 1.807) is 36.6 Å². The smallest absolute Gasteiger partial charge is 0.230 e. The van der Waals surface area contributed by atoms with Gasteiger partial charge in [-0.15, -0.1) is 0 Å². The molecule has 10 heteroatoms. The molecule has 0 spiro atoms. The summed E-state index contributed by atoms with van der Waals surface area (Å²) in [7, 11) is 2.62. The third-order valence-corrected chi connectivity index (χ3v) is 6.65. The minimum Gasteiger partial charge on any atom is -0.436 e. The molecular formula is C30H28FN5O3S. The van der Waals surface area contributed by atoms with E-state index in [1.807, 2.05) is 49.3 Å². The highest BCUT2D eigenvalue weighted by Crippen LogP contribution is 2.27. The fourth-order valence-corrected chi connectivity index (χ4v) is 4.19. The SMILES string of the molecule is CN(C)C(Cc1ccccc1)=N/C=C(\C=O)c1ccc(Oc2ccnc(Nc3cccc(S(C)=O)c3)n2)c(F)c1. The number of allylic oxidation sites excluding steroid dienone is 1. The number of benzene rings is 3. The summed E-state index contributed by atoms with van der Waals surface area (Å²) in [5.74, 6) is 0.353. The highest BCUT2D eigenvalue weighted by atomic mass is 32.2. The fraction of sp³-hybridized carbons (Fsp3) is 0.133. The molecule has 3 aromatic carbocycles. The Morgan fingerprint density at radius 3 is 2.58 bits per heavy atom. The normalized spacial score (nSPS) is 12.5. The van der Waals surface area contributed by atoms with Crippen molar-refractivity contribution in [3.8, 4) is 11.6 Å². The molecule has 0 aliphatic carbocycles. The van der Waals surface area contributed by atoms with E-state index in [4.69, 9.17) is 4.74 Å². The number of rotatable bonds is 10. The molecular weight excluding hydrogens is 529 g/mol. The Morgan fingerprint density at radius 1 is 1.07 bits per heavy atom. The largest absolute Gasteiger partial charge is 0.436 e. The predicted molar refractivity (Wildman–Crippen MR) is 156 cm³/mol. The summed E-state index contributed by atoms with van der Waals surface area (Å²) >= 11 is 0. The molecule has 0 amide bonds. The van der Waals surface area contributed by atoms with Crippen LogP contribution in [0.15, 0.2) is 101 Å². The highest BCUT2D eigenvalue weighted by Gasteiger charge is 2.11. The molecule has 0 aliphatic rings. The Hall–Kier alpha value is -4.70. The van der Waals surface area contributed by atoms with Crippen LogP contribution >= 0.6 is 0 Å². The van der Waals surface area contributed by atoms with Crippen molar-refractivity contribution in [1.29, 1.82) is 0 Å². The molecule has 0 saturated carbocycles. The molecule has 0 radical (unpaired) electrons. The average Bonchev–Trinajstić information content (AvgIpc) is 2.95. The quantitative estimate of drug-likeness (QED) is 0.117. The van der Waals surface area contributed by atoms with Crippen molar-refractivity contribution in [2.24, 2.45) is 4.99 Å². The molecule has 4 aromatic rings. The van der Waals surface area contributed by atoms with Crippen molar-refractivity contribution in [1.82, 2.24) is 14.9 Å². The maximum atomic E-state index is 15.0. The molecule has 40 heavy (non-hydrogen) atoms. The maximum absolute atomic E-state index is 15.0. The second-order valence-corrected chi connectivity index (χ2v) is 10.3. The molecule has 204 valence electrons. The fourth-order valence-electron chi connectivity index (χ4n) is 3.63. The zero-order chi connectivity index (χ0) is 28.5. The van der Waals surface area contributed by atoms with Crippen LogP contribution in [0.1, 0.15) is 11.1 Å². The summed E-state index contributed by atoms with van der Waals surface area (Å²) in [5.41, 5.74) is 2.32. The van der Waals surface area contributed by atoms with Crippen molar-refractivity contribution in [3.63, 3.8) is 0 Å². The third-order valence-electron chi connectivity index (χ3n) is 5.73. The maximum Gasteiger partial charge on any atom is 0.230 e. The molecule has 1 heterocycles. The number of hydrogen-bond donors (Lipinski definition) is 1. The second-order valence-electron chi connectivity index (χ2n) is 8.88. The van der Waals surface area contributed by atoms with Gasteiger partial charge in [0.15, 0.2) is 17.9 Å². The zero-order valence-corrected chi connectivity index (χ0v) is 23.1. The van der Waals surface area contributed by atoms with E-state index < -0.39 is 16.6 Å². The number of carbonyl (C=O) groups excluding carboxylic acids is 1. The van der Waals surface area contributed by atoms with Gasteiger partial charge in [0, 0.05) is 72.2 Å². The Bertz CT molecular complexity index is 1570. The molecule has 4 rings (SSSR count). The highest BCUT2D eigenvalue weighted by molar-refractivity contribution is 7.84. The molecule has 0 bridgehead atoms. The van der Waals surface area contributed by atoms with Crippen LogP contribution in [0.5, 0.6) is 11.6 Å². The number of aromatic nitrogens is 2. The lowest BCUT2D eigenvalue weighted by Crippen LogP contribution is -2.23. The molecule has 0 aliphatic heterocycles. The number of halogens is 1. The predicted octanol–water partition coefficient (Wildman–Crippen LogP) is 5.63. The third kappa shape index (κ3) is 7.67. The van der Waals surface area contributed by atoms with Gasteiger partial charge in [-0.3, -0.25) is 9.00 Å².